The fourth-order valence-corrected chi connectivity index (χ4v) is 2.89. The van der Waals surface area contributed by atoms with Crippen molar-refractivity contribution in [1.29, 1.82) is 0 Å². The normalized spacial score (nSPS) is 12.5. The monoisotopic (exact) mass is 391 g/mol. The van der Waals surface area contributed by atoms with Crippen molar-refractivity contribution < 1.29 is 14.3 Å². The number of carbonyl (C=O) groups excluding carboxylic acids is 2. The second-order valence-electron chi connectivity index (χ2n) is 7.95. The molecule has 0 aromatic heterocycles. The lowest BCUT2D eigenvalue weighted by molar-refractivity contribution is -0.121. The Morgan fingerprint density at radius 1 is 1.11 bits per heavy atom. The van der Waals surface area contributed by atoms with Crippen LogP contribution in [-0.4, -0.2) is 54.7 Å². The van der Waals surface area contributed by atoms with Crippen LogP contribution < -0.4 is 10.6 Å². The quantitative estimate of drug-likeness (QED) is 0.607. The summed E-state index contributed by atoms with van der Waals surface area (Å²) in [5.41, 5.74) is 0.564. The van der Waals surface area contributed by atoms with Gasteiger partial charge in [-0.15, -0.1) is 0 Å². The van der Waals surface area contributed by atoms with Gasteiger partial charge < -0.3 is 20.3 Å². The molecule has 0 spiro atoms. The number of hydrogen-bond donors (Lipinski definition) is 2. The zero-order valence-electron chi connectivity index (χ0n) is 18.1. The zero-order chi connectivity index (χ0) is 21.0. The Hall–Kier alpha value is -2.08. The maximum atomic E-state index is 12.2. The van der Waals surface area contributed by atoms with Gasteiger partial charge in [-0.05, 0) is 52.3 Å². The molecule has 158 valence electrons. The van der Waals surface area contributed by atoms with Crippen molar-refractivity contribution in [2.75, 3.05) is 26.2 Å². The van der Waals surface area contributed by atoms with Crippen LogP contribution in [0.4, 0.5) is 4.79 Å². The van der Waals surface area contributed by atoms with Crippen LogP contribution in [0, 0.1) is 0 Å². The van der Waals surface area contributed by atoms with Gasteiger partial charge in [-0.25, -0.2) is 4.79 Å². The highest BCUT2D eigenvalue weighted by molar-refractivity contribution is 5.76. The highest BCUT2D eigenvalue weighted by Gasteiger charge is 2.20. The molecule has 0 fully saturated rings. The molecule has 1 rings (SSSR count). The van der Waals surface area contributed by atoms with E-state index < -0.39 is 11.7 Å². The summed E-state index contributed by atoms with van der Waals surface area (Å²) in [6.07, 6.45) is 1.14. The third-order valence-electron chi connectivity index (χ3n) is 4.41. The number of nitrogens with one attached hydrogen (secondary N) is 2. The van der Waals surface area contributed by atoms with Crippen LogP contribution in [0.2, 0.25) is 0 Å². The fraction of sp³-hybridized carbons (Fsp3) is 0.636. The fourth-order valence-electron chi connectivity index (χ4n) is 2.89. The number of alkyl carbamates (subject to hydrolysis) is 1. The number of rotatable bonds is 11. The van der Waals surface area contributed by atoms with Gasteiger partial charge in [0.15, 0.2) is 0 Å². The van der Waals surface area contributed by atoms with Gasteiger partial charge in [-0.2, -0.15) is 0 Å². The summed E-state index contributed by atoms with van der Waals surface area (Å²) in [5.74, 6) is 0.0104. The molecule has 1 atom stereocenters. The molecule has 2 N–H and O–H groups in total. The molecule has 0 aliphatic heterocycles. The molecule has 0 radical (unpaired) electrons. The van der Waals surface area contributed by atoms with Crippen LogP contribution in [0.25, 0.3) is 0 Å². The molecule has 28 heavy (non-hydrogen) atoms. The van der Waals surface area contributed by atoms with Crippen molar-refractivity contribution in [3.8, 4) is 0 Å². The molecule has 0 saturated heterocycles. The minimum absolute atomic E-state index is 0.0104. The third-order valence-corrected chi connectivity index (χ3v) is 4.41. The molecule has 0 aliphatic rings. The number of ether oxygens (including phenoxy) is 1. The summed E-state index contributed by atoms with van der Waals surface area (Å²) in [7, 11) is 0. The summed E-state index contributed by atoms with van der Waals surface area (Å²) in [6.45, 7) is 13.2. The molecule has 0 saturated carbocycles. The first-order chi connectivity index (χ1) is 13.2. The van der Waals surface area contributed by atoms with Gasteiger partial charge in [0.1, 0.15) is 5.60 Å². The predicted molar refractivity (Wildman–Crippen MR) is 113 cm³/mol. The number of amides is 2. The highest BCUT2D eigenvalue weighted by Crippen LogP contribution is 2.11. The van der Waals surface area contributed by atoms with Gasteiger partial charge in [0.25, 0.3) is 0 Å². The van der Waals surface area contributed by atoms with Crippen LogP contribution in [0.5, 0.6) is 0 Å². The number of benzene rings is 1. The lowest BCUT2D eigenvalue weighted by Crippen LogP contribution is -2.41. The largest absolute Gasteiger partial charge is 0.444 e. The van der Waals surface area contributed by atoms with E-state index in [0.29, 0.717) is 25.8 Å². The molecular weight excluding hydrogens is 354 g/mol. The summed E-state index contributed by atoms with van der Waals surface area (Å²) in [5, 5.41) is 5.89. The SMILES string of the molecule is CCN(CC)CCNC(=O)CC[C@H](Cc1ccccc1)NC(=O)OC(C)(C)C. The predicted octanol–water partition coefficient (Wildman–Crippen LogP) is 3.36. The Kier molecular flexibility index (Phi) is 10.6. The second-order valence-corrected chi connectivity index (χ2v) is 7.95. The second kappa shape index (κ2) is 12.4. The Bertz CT molecular complexity index is 580. The van der Waals surface area contributed by atoms with Gasteiger partial charge >= 0.3 is 6.09 Å². The Morgan fingerprint density at radius 3 is 2.32 bits per heavy atom. The summed E-state index contributed by atoms with van der Waals surface area (Å²) in [4.78, 5) is 26.6. The van der Waals surface area contributed by atoms with Crippen molar-refractivity contribution in [2.45, 2.75) is 65.5 Å². The van der Waals surface area contributed by atoms with Gasteiger partial charge in [-0.1, -0.05) is 44.2 Å². The van der Waals surface area contributed by atoms with Crippen LogP contribution in [0.3, 0.4) is 0 Å². The molecule has 0 unspecified atom stereocenters. The zero-order valence-corrected chi connectivity index (χ0v) is 18.1. The number of carbonyl (C=O) groups is 2. The van der Waals surface area contributed by atoms with Crippen molar-refractivity contribution in [3.05, 3.63) is 35.9 Å². The van der Waals surface area contributed by atoms with E-state index in [1.54, 1.807) is 0 Å². The lowest BCUT2D eigenvalue weighted by atomic mass is 10.0. The van der Waals surface area contributed by atoms with Gasteiger partial charge in [0.2, 0.25) is 5.91 Å². The van der Waals surface area contributed by atoms with Crippen LogP contribution in [0.1, 0.15) is 53.0 Å². The molecule has 1 aromatic rings. The molecule has 1 aromatic carbocycles. The minimum Gasteiger partial charge on any atom is -0.444 e. The maximum Gasteiger partial charge on any atom is 0.407 e. The van der Waals surface area contributed by atoms with E-state index in [0.717, 1.165) is 25.2 Å². The Morgan fingerprint density at radius 2 is 1.75 bits per heavy atom. The van der Waals surface area contributed by atoms with Gasteiger partial charge in [0, 0.05) is 25.6 Å². The highest BCUT2D eigenvalue weighted by atomic mass is 16.6. The van der Waals surface area contributed by atoms with E-state index in [9.17, 15) is 9.59 Å². The Labute approximate surface area is 170 Å². The standard InChI is InChI=1S/C22H37N3O3/c1-6-25(7-2)16-15-23-20(26)14-13-19(17-18-11-9-8-10-12-18)24-21(27)28-22(3,4)5/h8-12,19H,6-7,13-17H2,1-5H3,(H,23,26)(H,24,27)/t19-/m1/s1. The van der Waals surface area contributed by atoms with Crippen LogP contribution in [0.15, 0.2) is 30.3 Å². The molecule has 2 amide bonds. The number of hydrogen-bond acceptors (Lipinski definition) is 4. The average Bonchev–Trinajstić information content (AvgIpc) is 2.62. The molecule has 0 bridgehead atoms. The Balaban J connectivity index is 2.54. The lowest BCUT2D eigenvalue weighted by Gasteiger charge is -2.24. The van der Waals surface area contributed by atoms with Crippen LogP contribution in [-0.2, 0) is 16.0 Å². The number of likely N-dealkylation sites (N-methyl/N-ethyl adjacent to an activating group) is 1. The minimum atomic E-state index is -0.552. The first-order valence-corrected chi connectivity index (χ1v) is 10.3. The van der Waals surface area contributed by atoms with E-state index in [4.69, 9.17) is 4.74 Å². The first kappa shape index (κ1) is 24.0. The maximum absolute atomic E-state index is 12.2. The van der Waals surface area contributed by atoms with E-state index in [1.165, 1.54) is 0 Å². The summed E-state index contributed by atoms with van der Waals surface area (Å²) < 4.78 is 5.37. The average molecular weight is 392 g/mol. The summed E-state index contributed by atoms with van der Waals surface area (Å²) in [6, 6.07) is 9.79. The number of nitrogens with zero attached hydrogens (tertiary/aromatic N) is 1. The molecule has 0 heterocycles. The third kappa shape index (κ3) is 10.9. The summed E-state index contributed by atoms with van der Waals surface area (Å²) >= 11 is 0. The van der Waals surface area contributed by atoms with Crippen LogP contribution >= 0.6 is 0 Å². The van der Waals surface area contributed by atoms with E-state index >= 15 is 0 Å². The molecule has 6 heteroatoms. The van der Waals surface area contributed by atoms with Gasteiger partial charge in [0.05, 0.1) is 0 Å². The van der Waals surface area contributed by atoms with Crippen molar-refractivity contribution >= 4 is 12.0 Å². The molecule has 0 aliphatic carbocycles. The molecule has 6 nitrogen and oxygen atoms in total. The molecular formula is C22H37N3O3. The van der Waals surface area contributed by atoms with Crippen molar-refractivity contribution in [3.63, 3.8) is 0 Å². The van der Waals surface area contributed by atoms with Crippen molar-refractivity contribution in [1.82, 2.24) is 15.5 Å². The van der Waals surface area contributed by atoms with Crippen molar-refractivity contribution in [2.24, 2.45) is 0 Å². The van der Waals surface area contributed by atoms with E-state index in [-0.39, 0.29) is 11.9 Å². The van der Waals surface area contributed by atoms with E-state index in [1.807, 2.05) is 51.1 Å². The van der Waals surface area contributed by atoms with E-state index in [2.05, 4.69) is 29.4 Å². The first-order valence-electron chi connectivity index (χ1n) is 10.3. The topological polar surface area (TPSA) is 70.7 Å². The van der Waals surface area contributed by atoms with Gasteiger partial charge in [-0.3, -0.25) is 4.79 Å². The smallest absolute Gasteiger partial charge is 0.407 e.